The van der Waals surface area contributed by atoms with E-state index in [-0.39, 0.29) is 5.91 Å². The summed E-state index contributed by atoms with van der Waals surface area (Å²) in [6.45, 7) is 7.15. The Balaban J connectivity index is 1.88. The third-order valence-electron chi connectivity index (χ3n) is 4.66. The zero-order chi connectivity index (χ0) is 17.6. The first-order valence-electron chi connectivity index (χ1n) is 9.19. The number of benzene rings is 1. The maximum absolute atomic E-state index is 12.8. The van der Waals surface area contributed by atoms with Crippen molar-refractivity contribution in [2.24, 2.45) is 5.92 Å². The monoisotopic (exact) mass is 357 g/mol. The third-order valence-corrected chi connectivity index (χ3v) is 5.57. The fourth-order valence-corrected chi connectivity index (χ4v) is 3.92. The SMILES string of the molecule is CCSCCNC(=O)c1cc(N2CCCC(C)C2)nc2ccccc12. The standard InChI is InChI=1S/C20H27N3OS/c1-3-25-12-10-21-20(24)17-13-19(23-11-6-7-15(2)14-23)22-18-9-5-4-8-16(17)18/h4-5,8-9,13,15H,3,6-7,10-12,14H2,1-2H3,(H,21,24). The second kappa shape index (κ2) is 8.56. The molecule has 1 fully saturated rings. The molecule has 3 rings (SSSR count). The van der Waals surface area contributed by atoms with E-state index in [2.05, 4.69) is 24.1 Å². The second-order valence-corrected chi connectivity index (χ2v) is 8.09. The van der Waals surface area contributed by atoms with Gasteiger partial charge >= 0.3 is 0 Å². The number of hydrogen-bond acceptors (Lipinski definition) is 4. The van der Waals surface area contributed by atoms with E-state index in [1.807, 2.05) is 42.1 Å². The average Bonchev–Trinajstić information content (AvgIpc) is 2.64. The van der Waals surface area contributed by atoms with E-state index in [9.17, 15) is 4.79 Å². The number of thioether (sulfide) groups is 1. The number of pyridine rings is 1. The van der Waals surface area contributed by atoms with E-state index in [1.165, 1.54) is 12.8 Å². The van der Waals surface area contributed by atoms with Crippen LogP contribution in [0.1, 0.15) is 37.0 Å². The van der Waals surface area contributed by atoms with E-state index in [0.29, 0.717) is 12.5 Å². The minimum atomic E-state index is 0.00149. The summed E-state index contributed by atoms with van der Waals surface area (Å²) in [5.74, 6) is 3.62. The number of hydrogen-bond donors (Lipinski definition) is 1. The molecule has 5 heteroatoms. The lowest BCUT2D eigenvalue weighted by Crippen LogP contribution is -2.35. The molecule has 1 aromatic heterocycles. The first-order chi connectivity index (χ1) is 12.2. The van der Waals surface area contributed by atoms with Gasteiger partial charge in [0.1, 0.15) is 5.82 Å². The zero-order valence-electron chi connectivity index (χ0n) is 15.1. The van der Waals surface area contributed by atoms with Crippen LogP contribution < -0.4 is 10.2 Å². The van der Waals surface area contributed by atoms with Crippen LogP contribution in [0.2, 0.25) is 0 Å². The van der Waals surface area contributed by atoms with Gasteiger partial charge in [-0.15, -0.1) is 0 Å². The highest BCUT2D eigenvalue weighted by molar-refractivity contribution is 7.99. The molecule has 1 atom stereocenters. The first kappa shape index (κ1) is 18.1. The van der Waals surface area contributed by atoms with Gasteiger partial charge in [-0.25, -0.2) is 4.98 Å². The smallest absolute Gasteiger partial charge is 0.252 e. The van der Waals surface area contributed by atoms with Crippen LogP contribution in [0.3, 0.4) is 0 Å². The van der Waals surface area contributed by atoms with Gasteiger partial charge in [-0.3, -0.25) is 4.79 Å². The average molecular weight is 358 g/mol. The first-order valence-corrected chi connectivity index (χ1v) is 10.3. The number of piperidine rings is 1. The van der Waals surface area contributed by atoms with Gasteiger partial charge in [0.05, 0.1) is 11.1 Å². The summed E-state index contributed by atoms with van der Waals surface area (Å²) in [5.41, 5.74) is 1.63. The number of para-hydroxylation sites is 1. The van der Waals surface area contributed by atoms with Gasteiger partial charge in [0.25, 0.3) is 5.91 Å². The maximum atomic E-state index is 12.8. The van der Waals surface area contributed by atoms with E-state index in [4.69, 9.17) is 4.98 Å². The largest absolute Gasteiger partial charge is 0.356 e. The van der Waals surface area contributed by atoms with E-state index in [0.717, 1.165) is 46.9 Å². The van der Waals surface area contributed by atoms with Gasteiger partial charge in [0.15, 0.2) is 0 Å². The Morgan fingerprint density at radius 2 is 2.24 bits per heavy atom. The number of nitrogens with one attached hydrogen (secondary N) is 1. The Bertz CT molecular complexity index is 734. The fourth-order valence-electron chi connectivity index (χ4n) is 3.39. The van der Waals surface area contributed by atoms with E-state index >= 15 is 0 Å². The summed E-state index contributed by atoms with van der Waals surface area (Å²) in [4.78, 5) is 19.9. The topological polar surface area (TPSA) is 45.2 Å². The van der Waals surface area contributed by atoms with Crippen LogP contribution in [0.4, 0.5) is 5.82 Å². The normalized spacial score (nSPS) is 17.7. The minimum Gasteiger partial charge on any atom is -0.356 e. The molecule has 1 aliphatic rings. The minimum absolute atomic E-state index is 0.00149. The number of carbonyl (C=O) groups is 1. The van der Waals surface area contributed by atoms with Crippen molar-refractivity contribution < 1.29 is 4.79 Å². The number of nitrogens with zero attached hydrogens (tertiary/aromatic N) is 2. The van der Waals surface area contributed by atoms with E-state index in [1.54, 1.807) is 0 Å². The van der Waals surface area contributed by atoms with Crippen molar-refractivity contribution in [3.63, 3.8) is 0 Å². The molecule has 1 N–H and O–H groups in total. The molecule has 0 aliphatic carbocycles. The number of fused-ring (bicyclic) bond motifs is 1. The number of aromatic nitrogens is 1. The molecule has 25 heavy (non-hydrogen) atoms. The van der Waals surface area contributed by atoms with Crippen LogP contribution >= 0.6 is 11.8 Å². The lowest BCUT2D eigenvalue weighted by atomic mass is 10.00. The van der Waals surface area contributed by atoms with Crippen LogP contribution in [0, 0.1) is 5.92 Å². The van der Waals surface area contributed by atoms with Crippen molar-refractivity contribution >= 4 is 34.4 Å². The number of rotatable bonds is 6. The lowest BCUT2D eigenvalue weighted by molar-refractivity contribution is 0.0958. The molecule has 0 spiro atoms. The van der Waals surface area contributed by atoms with Gasteiger partial charge in [0, 0.05) is 30.8 Å². The quantitative estimate of drug-likeness (QED) is 0.795. The molecule has 0 radical (unpaired) electrons. The summed E-state index contributed by atoms with van der Waals surface area (Å²) in [6.07, 6.45) is 2.46. The van der Waals surface area contributed by atoms with Crippen LogP contribution in [-0.4, -0.2) is 42.0 Å². The number of carbonyl (C=O) groups excluding carboxylic acids is 1. The molecule has 2 heterocycles. The van der Waals surface area contributed by atoms with Crippen LogP contribution in [0.15, 0.2) is 30.3 Å². The fraction of sp³-hybridized carbons (Fsp3) is 0.500. The highest BCUT2D eigenvalue weighted by Crippen LogP contribution is 2.26. The molecular formula is C20H27N3OS. The molecule has 1 aromatic carbocycles. The van der Waals surface area contributed by atoms with Crippen LogP contribution in [0.5, 0.6) is 0 Å². The van der Waals surface area contributed by atoms with Crippen molar-refractivity contribution in [3.8, 4) is 0 Å². The van der Waals surface area contributed by atoms with Crippen molar-refractivity contribution in [1.82, 2.24) is 10.3 Å². The molecule has 4 nitrogen and oxygen atoms in total. The molecule has 134 valence electrons. The van der Waals surface area contributed by atoms with Gasteiger partial charge < -0.3 is 10.2 Å². The Morgan fingerprint density at radius 3 is 3.04 bits per heavy atom. The summed E-state index contributed by atoms with van der Waals surface area (Å²) in [7, 11) is 0. The van der Waals surface area contributed by atoms with Gasteiger partial charge in [-0.05, 0) is 36.6 Å². The predicted octanol–water partition coefficient (Wildman–Crippen LogP) is 3.95. The summed E-state index contributed by atoms with van der Waals surface area (Å²) in [6, 6.07) is 9.91. The Labute approximate surface area is 154 Å². The summed E-state index contributed by atoms with van der Waals surface area (Å²) < 4.78 is 0. The van der Waals surface area contributed by atoms with Crippen LogP contribution in [-0.2, 0) is 0 Å². The van der Waals surface area contributed by atoms with Gasteiger partial charge in [-0.2, -0.15) is 11.8 Å². The highest BCUT2D eigenvalue weighted by Gasteiger charge is 2.20. The lowest BCUT2D eigenvalue weighted by Gasteiger charge is -2.32. The van der Waals surface area contributed by atoms with Crippen molar-refractivity contribution in [1.29, 1.82) is 0 Å². The second-order valence-electron chi connectivity index (χ2n) is 6.69. The summed E-state index contributed by atoms with van der Waals surface area (Å²) in [5, 5.41) is 3.99. The van der Waals surface area contributed by atoms with E-state index < -0.39 is 0 Å². The maximum Gasteiger partial charge on any atom is 0.252 e. The third kappa shape index (κ3) is 4.46. The molecular weight excluding hydrogens is 330 g/mol. The summed E-state index contributed by atoms with van der Waals surface area (Å²) >= 11 is 1.84. The van der Waals surface area contributed by atoms with Crippen molar-refractivity contribution in [3.05, 3.63) is 35.9 Å². The Kier molecular flexibility index (Phi) is 6.19. The Morgan fingerprint density at radius 1 is 1.40 bits per heavy atom. The van der Waals surface area contributed by atoms with Crippen molar-refractivity contribution in [2.75, 3.05) is 36.0 Å². The molecule has 1 amide bonds. The molecule has 2 aromatic rings. The van der Waals surface area contributed by atoms with Gasteiger partial charge in [0.2, 0.25) is 0 Å². The Hall–Kier alpha value is -1.75. The highest BCUT2D eigenvalue weighted by atomic mass is 32.2. The van der Waals surface area contributed by atoms with Gasteiger partial charge in [-0.1, -0.05) is 32.0 Å². The molecule has 0 bridgehead atoms. The van der Waals surface area contributed by atoms with Crippen molar-refractivity contribution in [2.45, 2.75) is 26.7 Å². The van der Waals surface area contributed by atoms with Crippen LogP contribution in [0.25, 0.3) is 10.9 Å². The molecule has 0 saturated carbocycles. The predicted molar refractivity (Wildman–Crippen MR) is 108 cm³/mol. The molecule has 1 aliphatic heterocycles. The number of anilines is 1. The molecule has 1 unspecified atom stereocenters. The zero-order valence-corrected chi connectivity index (χ0v) is 15.9. The number of amides is 1. The molecule has 1 saturated heterocycles.